The van der Waals surface area contributed by atoms with Crippen LogP contribution in [0.15, 0.2) is 0 Å². The SMILES string of the molecule is C[C@@H](O)[C@@H](O)[C@H](O)[C@@](O)(F)C(=O)F. The van der Waals surface area contributed by atoms with Gasteiger partial charge in [-0.2, -0.15) is 8.78 Å². The van der Waals surface area contributed by atoms with Gasteiger partial charge >= 0.3 is 11.9 Å². The molecule has 7 heteroatoms. The van der Waals surface area contributed by atoms with Crippen molar-refractivity contribution >= 4 is 6.04 Å². The molecule has 4 atom stereocenters. The molecule has 0 aliphatic carbocycles. The van der Waals surface area contributed by atoms with Gasteiger partial charge in [0.2, 0.25) is 0 Å². The van der Waals surface area contributed by atoms with Crippen LogP contribution < -0.4 is 0 Å². The Morgan fingerprint density at radius 3 is 2.00 bits per heavy atom. The van der Waals surface area contributed by atoms with E-state index in [1.807, 2.05) is 0 Å². The van der Waals surface area contributed by atoms with Crippen molar-refractivity contribution in [1.82, 2.24) is 0 Å². The molecule has 0 rings (SSSR count). The number of aliphatic hydroxyl groups excluding tert-OH is 3. The van der Waals surface area contributed by atoms with Gasteiger partial charge in [-0.25, -0.2) is 0 Å². The van der Waals surface area contributed by atoms with E-state index < -0.39 is 30.2 Å². The summed E-state index contributed by atoms with van der Waals surface area (Å²) in [5.74, 6) is -4.20. The molecule has 0 saturated heterocycles. The first-order valence-electron chi connectivity index (χ1n) is 3.36. The molecule has 0 unspecified atom stereocenters. The normalized spacial score (nSPS) is 23.0. The number of carbonyl (C=O) groups is 1. The number of halogens is 2. The average Bonchev–Trinajstić information content (AvgIpc) is 2.01. The Bertz CT molecular complexity index is 193. The summed E-state index contributed by atoms with van der Waals surface area (Å²) < 4.78 is 24.3. The summed E-state index contributed by atoms with van der Waals surface area (Å²) in [5.41, 5.74) is 0. The van der Waals surface area contributed by atoms with Crippen molar-refractivity contribution in [3.05, 3.63) is 0 Å². The predicted molar refractivity (Wildman–Crippen MR) is 35.9 cm³/mol. The van der Waals surface area contributed by atoms with Gasteiger partial charge in [0.1, 0.15) is 6.10 Å². The zero-order valence-electron chi connectivity index (χ0n) is 6.69. The van der Waals surface area contributed by atoms with E-state index in [1.54, 1.807) is 0 Å². The quantitative estimate of drug-likeness (QED) is 0.403. The molecule has 0 saturated carbocycles. The minimum atomic E-state index is -4.20. The summed E-state index contributed by atoms with van der Waals surface area (Å²) in [6, 6.07) is -2.83. The molecule has 5 nitrogen and oxygen atoms in total. The van der Waals surface area contributed by atoms with E-state index in [0.717, 1.165) is 6.92 Å². The number of hydrogen-bond donors (Lipinski definition) is 4. The van der Waals surface area contributed by atoms with Gasteiger partial charge in [-0.1, -0.05) is 0 Å². The van der Waals surface area contributed by atoms with Crippen LogP contribution >= 0.6 is 0 Å². The lowest BCUT2D eigenvalue weighted by molar-refractivity contribution is -0.220. The molecule has 0 amide bonds. The maximum absolute atomic E-state index is 12.5. The third-order valence-electron chi connectivity index (χ3n) is 1.49. The van der Waals surface area contributed by atoms with Crippen molar-refractivity contribution in [2.45, 2.75) is 31.1 Å². The monoisotopic (exact) mass is 200 g/mol. The smallest absolute Gasteiger partial charge is 0.368 e. The van der Waals surface area contributed by atoms with Crippen molar-refractivity contribution in [2.24, 2.45) is 0 Å². The van der Waals surface area contributed by atoms with E-state index in [9.17, 15) is 13.6 Å². The molecular weight excluding hydrogens is 190 g/mol. The van der Waals surface area contributed by atoms with Crippen molar-refractivity contribution in [2.75, 3.05) is 0 Å². The van der Waals surface area contributed by atoms with Crippen LogP contribution in [0.2, 0.25) is 0 Å². The van der Waals surface area contributed by atoms with E-state index >= 15 is 0 Å². The zero-order valence-corrected chi connectivity index (χ0v) is 6.69. The maximum atomic E-state index is 12.5. The number of alkyl halides is 1. The molecule has 0 aromatic carbocycles. The summed E-state index contributed by atoms with van der Waals surface area (Å²) in [4.78, 5) is 9.79. The Hall–Kier alpha value is -0.630. The van der Waals surface area contributed by atoms with E-state index in [-0.39, 0.29) is 0 Å². The van der Waals surface area contributed by atoms with Gasteiger partial charge in [-0.15, -0.1) is 0 Å². The van der Waals surface area contributed by atoms with Crippen molar-refractivity contribution in [3.8, 4) is 0 Å². The van der Waals surface area contributed by atoms with Crippen molar-refractivity contribution < 1.29 is 34.0 Å². The number of hydrogen-bond acceptors (Lipinski definition) is 5. The Morgan fingerprint density at radius 1 is 1.38 bits per heavy atom. The summed E-state index contributed by atoms with van der Waals surface area (Å²) in [6.45, 7) is 0.965. The van der Waals surface area contributed by atoms with Crippen molar-refractivity contribution in [3.63, 3.8) is 0 Å². The first-order chi connectivity index (χ1) is 5.71. The van der Waals surface area contributed by atoms with Crippen LogP contribution in [-0.4, -0.2) is 50.6 Å². The summed E-state index contributed by atoms with van der Waals surface area (Å²) in [5, 5.41) is 34.4. The minimum Gasteiger partial charge on any atom is -0.391 e. The average molecular weight is 200 g/mol. The van der Waals surface area contributed by atoms with E-state index in [0.29, 0.717) is 0 Å². The minimum absolute atomic E-state index is 0.965. The molecule has 0 aliphatic heterocycles. The fraction of sp³-hybridized carbons (Fsp3) is 0.833. The third-order valence-corrected chi connectivity index (χ3v) is 1.49. The van der Waals surface area contributed by atoms with Gasteiger partial charge < -0.3 is 20.4 Å². The van der Waals surface area contributed by atoms with Crippen LogP contribution in [0, 0.1) is 0 Å². The van der Waals surface area contributed by atoms with E-state index in [2.05, 4.69) is 0 Å². The molecule has 0 aromatic rings. The molecule has 0 spiro atoms. The highest BCUT2D eigenvalue weighted by atomic mass is 19.2. The maximum Gasteiger partial charge on any atom is 0.368 e. The summed E-state index contributed by atoms with van der Waals surface area (Å²) >= 11 is 0. The molecule has 4 N–H and O–H groups in total. The first-order valence-corrected chi connectivity index (χ1v) is 3.36. The van der Waals surface area contributed by atoms with Crippen molar-refractivity contribution in [1.29, 1.82) is 0 Å². The van der Waals surface area contributed by atoms with Gasteiger partial charge in [0, 0.05) is 0 Å². The standard InChI is InChI=1S/C6H10F2O5/c1-2(9)3(10)4(11)6(8,13)5(7)12/h2-4,9-11,13H,1H3/t2-,3-,4+,6+/m1/s1. The zero-order chi connectivity index (χ0) is 10.8. The molecular formula is C6H10F2O5. The van der Waals surface area contributed by atoms with Crippen LogP contribution in [0.1, 0.15) is 6.92 Å². The lowest BCUT2D eigenvalue weighted by Crippen LogP contribution is -2.53. The lowest BCUT2D eigenvalue weighted by atomic mass is 10.0. The molecule has 0 bridgehead atoms. The van der Waals surface area contributed by atoms with Gasteiger partial charge in [-0.05, 0) is 6.92 Å². The number of aliphatic hydroxyl groups is 4. The second kappa shape index (κ2) is 4.05. The molecule has 78 valence electrons. The van der Waals surface area contributed by atoms with Crippen LogP contribution in [-0.2, 0) is 4.79 Å². The van der Waals surface area contributed by atoms with Gasteiger partial charge in [-0.3, -0.25) is 4.79 Å². The van der Waals surface area contributed by atoms with Gasteiger partial charge in [0.15, 0.2) is 6.10 Å². The highest BCUT2D eigenvalue weighted by Crippen LogP contribution is 2.19. The van der Waals surface area contributed by atoms with Crippen LogP contribution in [0.25, 0.3) is 0 Å². The van der Waals surface area contributed by atoms with Crippen LogP contribution in [0.4, 0.5) is 8.78 Å². The molecule has 0 aromatic heterocycles. The lowest BCUT2D eigenvalue weighted by Gasteiger charge is -2.25. The third kappa shape index (κ3) is 2.66. The number of rotatable bonds is 4. The van der Waals surface area contributed by atoms with E-state index in [4.69, 9.17) is 20.4 Å². The fourth-order valence-electron chi connectivity index (χ4n) is 0.606. The highest BCUT2D eigenvalue weighted by molar-refractivity contribution is 5.76. The summed E-state index contributed by atoms with van der Waals surface area (Å²) in [7, 11) is 0. The van der Waals surface area contributed by atoms with Gasteiger partial charge in [0.05, 0.1) is 6.10 Å². The first kappa shape index (κ1) is 12.4. The number of carbonyl (C=O) groups excluding carboxylic acids is 1. The fourth-order valence-corrected chi connectivity index (χ4v) is 0.606. The Balaban J connectivity index is 4.58. The Kier molecular flexibility index (Phi) is 3.86. The Morgan fingerprint density at radius 2 is 1.77 bits per heavy atom. The molecule has 13 heavy (non-hydrogen) atoms. The largest absolute Gasteiger partial charge is 0.391 e. The second-order valence-electron chi connectivity index (χ2n) is 2.62. The predicted octanol–water partition coefficient (Wildman–Crippen LogP) is -1.76. The van der Waals surface area contributed by atoms with E-state index in [1.165, 1.54) is 0 Å². The molecule has 0 aliphatic rings. The topological polar surface area (TPSA) is 98.0 Å². The Labute approximate surface area is 72.2 Å². The van der Waals surface area contributed by atoms with Crippen LogP contribution in [0.5, 0.6) is 0 Å². The van der Waals surface area contributed by atoms with Gasteiger partial charge in [0.25, 0.3) is 0 Å². The highest BCUT2D eigenvalue weighted by Gasteiger charge is 2.49. The molecule has 0 fully saturated rings. The summed E-state index contributed by atoms with van der Waals surface area (Å²) in [6.07, 6.45) is -6.50. The molecule has 0 radical (unpaired) electrons. The van der Waals surface area contributed by atoms with Crippen LogP contribution in [0.3, 0.4) is 0 Å². The second-order valence-corrected chi connectivity index (χ2v) is 2.62. The molecule has 0 heterocycles.